The maximum Gasteiger partial charge on any atom is 0.410 e. The molecule has 0 aliphatic heterocycles. The molecule has 94 valence electrons. The molecule has 0 unspecified atom stereocenters. The van der Waals surface area contributed by atoms with Gasteiger partial charge in [0.1, 0.15) is 12.1 Å². The lowest BCUT2D eigenvalue weighted by atomic mass is 10.2. The monoisotopic (exact) mass is 231 g/mol. The first-order chi connectivity index (χ1) is 7.26. The zero-order chi connectivity index (χ0) is 12.8. The van der Waals surface area contributed by atoms with Gasteiger partial charge in [-0.15, -0.1) is 0 Å². The van der Waals surface area contributed by atoms with Crippen LogP contribution in [-0.2, 0) is 9.53 Å². The van der Waals surface area contributed by atoms with E-state index in [1.807, 2.05) is 6.92 Å². The van der Waals surface area contributed by atoms with E-state index in [1.54, 1.807) is 20.8 Å². The molecule has 0 saturated carbocycles. The number of carboxylic acids is 1. The first-order valence-electron chi connectivity index (χ1n) is 5.46. The van der Waals surface area contributed by atoms with Crippen LogP contribution < -0.4 is 0 Å². The van der Waals surface area contributed by atoms with E-state index in [0.29, 0.717) is 6.54 Å². The average molecular weight is 231 g/mol. The van der Waals surface area contributed by atoms with E-state index in [1.165, 1.54) is 4.90 Å². The van der Waals surface area contributed by atoms with Gasteiger partial charge in [0, 0.05) is 6.54 Å². The Balaban J connectivity index is 4.37. The van der Waals surface area contributed by atoms with E-state index in [0.717, 1.165) is 12.8 Å². The molecule has 0 aliphatic rings. The molecule has 1 amide bonds. The second-order valence-electron chi connectivity index (χ2n) is 4.65. The summed E-state index contributed by atoms with van der Waals surface area (Å²) in [5, 5.41) is 8.68. The SMILES string of the molecule is CCCCN(CC(=O)O)C(=O)OC(C)(C)C. The molecule has 0 heterocycles. The first kappa shape index (κ1) is 14.7. The molecule has 0 bridgehead atoms. The summed E-state index contributed by atoms with van der Waals surface area (Å²) in [7, 11) is 0. The van der Waals surface area contributed by atoms with Gasteiger partial charge in [0.25, 0.3) is 0 Å². The topological polar surface area (TPSA) is 66.8 Å². The number of rotatable bonds is 5. The van der Waals surface area contributed by atoms with Crippen molar-refractivity contribution in [3.8, 4) is 0 Å². The van der Waals surface area contributed by atoms with Crippen molar-refractivity contribution in [2.24, 2.45) is 0 Å². The minimum atomic E-state index is -1.03. The minimum Gasteiger partial charge on any atom is -0.480 e. The standard InChI is InChI=1S/C11H21NO4/c1-5-6-7-12(8-9(13)14)10(15)16-11(2,3)4/h5-8H2,1-4H3,(H,13,14). The van der Waals surface area contributed by atoms with Crippen LogP contribution in [0.3, 0.4) is 0 Å². The average Bonchev–Trinajstić information content (AvgIpc) is 2.08. The van der Waals surface area contributed by atoms with E-state index in [9.17, 15) is 9.59 Å². The van der Waals surface area contributed by atoms with Crippen molar-refractivity contribution in [1.82, 2.24) is 4.90 Å². The third-order valence-corrected chi connectivity index (χ3v) is 1.76. The van der Waals surface area contributed by atoms with Crippen LogP contribution in [0.5, 0.6) is 0 Å². The summed E-state index contributed by atoms with van der Waals surface area (Å²) in [5.74, 6) is -1.03. The molecule has 0 fully saturated rings. The lowest BCUT2D eigenvalue weighted by Crippen LogP contribution is -2.40. The summed E-state index contributed by atoms with van der Waals surface area (Å²) in [6.07, 6.45) is 1.11. The van der Waals surface area contributed by atoms with Crippen LogP contribution in [0.25, 0.3) is 0 Å². The summed E-state index contributed by atoms with van der Waals surface area (Å²) >= 11 is 0. The van der Waals surface area contributed by atoms with Crippen LogP contribution >= 0.6 is 0 Å². The molecule has 0 atom stereocenters. The maximum atomic E-state index is 11.6. The van der Waals surface area contributed by atoms with E-state index in [4.69, 9.17) is 9.84 Å². The van der Waals surface area contributed by atoms with Gasteiger partial charge < -0.3 is 9.84 Å². The Labute approximate surface area is 96.4 Å². The van der Waals surface area contributed by atoms with Crippen LogP contribution in [0.2, 0.25) is 0 Å². The van der Waals surface area contributed by atoms with Gasteiger partial charge in [-0.3, -0.25) is 9.69 Å². The first-order valence-corrected chi connectivity index (χ1v) is 5.46. The zero-order valence-corrected chi connectivity index (χ0v) is 10.4. The highest BCUT2D eigenvalue weighted by atomic mass is 16.6. The van der Waals surface area contributed by atoms with Gasteiger partial charge in [-0.25, -0.2) is 4.79 Å². The Morgan fingerprint density at radius 3 is 2.25 bits per heavy atom. The molecule has 16 heavy (non-hydrogen) atoms. The van der Waals surface area contributed by atoms with Gasteiger partial charge in [0.2, 0.25) is 0 Å². The number of aliphatic carboxylic acids is 1. The van der Waals surface area contributed by atoms with Crippen molar-refractivity contribution in [2.75, 3.05) is 13.1 Å². The minimum absolute atomic E-state index is 0.311. The summed E-state index contributed by atoms with van der Waals surface area (Å²) in [6.45, 7) is 7.34. The summed E-state index contributed by atoms with van der Waals surface area (Å²) < 4.78 is 5.12. The number of hydrogen-bond acceptors (Lipinski definition) is 3. The van der Waals surface area contributed by atoms with Crippen molar-refractivity contribution in [2.45, 2.75) is 46.1 Å². The van der Waals surface area contributed by atoms with Gasteiger partial charge in [0.05, 0.1) is 0 Å². The Morgan fingerprint density at radius 2 is 1.88 bits per heavy atom. The Hall–Kier alpha value is -1.26. The number of ether oxygens (including phenoxy) is 1. The van der Waals surface area contributed by atoms with Crippen LogP contribution in [0.4, 0.5) is 4.79 Å². The van der Waals surface area contributed by atoms with Gasteiger partial charge >= 0.3 is 12.1 Å². The summed E-state index contributed by atoms with van der Waals surface area (Å²) in [5.41, 5.74) is -0.597. The quantitative estimate of drug-likeness (QED) is 0.786. The molecule has 0 aromatic carbocycles. The van der Waals surface area contributed by atoms with E-state index in [-0.39, 0.29) is 6.54 Å². The van der Waals surface area contributed by atoms with Gasteiger partial charge in [-0.05, 0) is 27.2 Å². The van der Waals surface area contributed by atoms with Crippen molar-refractivity contribution >= 4 is 12.1 Å². The summed E-state index contributed by atoms with van der Waals surface area (Å²) in [4.78, 5) is 23.5. The van der Waals surface area contributed by atoms with Crippen molar-refractivity contribution in [3.63, 3.8) is 0 Å². The largest absolute Gasteiger partial charge is 0.480 e. The smallest absolute Gasteiger partial charge is 0.410 e. The molecule has 0 aromatic rings. The number of carbonyl (C=O) groups excluding carboxylic acids is 1. The highest BCUT2D eigenvalue weighted by Gasteiger charge is 2.23. The number of carboxylic acid groups (broad SMARTS) is 1. The van der Waals surface area contributed by atoms with Gasteiger partial charge in [0.15, 0.2) is 0 Å². The molecule has 0 rings (SSSR count). The number of amides is 1. The third-order valence-electron chi connectivity index (χ3n) is 1.76. The van der Waals surface area contributed by atoms with E-state index in [2.05, 4.69) is 0 Å². The van der Waals surface area contributed by atoms with Crippen molar-refractivity contribution in [3.05, 3.63) is 0 Å². The highest BCUT2D eigenvalue weighted by Crippen LogP contribution is 2.10. The molecular formula is C11H21NO4. The Bertz CT molecular complexity index is 245. The lowest BCUT2D eigenvalue weighted by Gasteiger charge is -2.26. The second kappa shape index (κ2) is 6.35. The molecule has 0 radical (unpaired) electrons. The fourth-order valence-corrected chi connectivity index (χ4v) is 1.07. The third kappa shape index (κ3) is 7.09. The maximum absolute atomic E-state index is 11.6. The highest BCUT2D eigenvalue weighted by molar-refractivity contribution is 5.76. The molecule has 5 heteroatoms. The Kier molecular flexibility index (Phi) is 5.85. The number of unbranched alkanes of at least 4 members (excludes halogenated alkanes) is 1. The molecule has 1 N–H and O–H groups in total. The second-order valence-corrected chi connectivity index (χ2v) is 4.65. The normalized spacial score (nSPS) is 11.0. The number of carbonyl (C=O) groups is 2. The number of nitrogens with zero attached hydrogens (tertiary/aromatic N) is 1. The fraction of sp³-hybridized carbons (Fsp3) is 0.818. The predicted octanol–water partition coefficient (Wildman–Crippen LogP) is 2.11. The molecule has 0 saturated heterocycles. The zero-order valence-electron chi connectivity index (χ0n) is 10.4. The molecule has 0 spiro atoms. The lowest BCUT2D eigenvalue weighted by molar-refractivity contribution is -0.138. The number of hydrogen-bond donors (Lipinski definition) is 1. The predicted molar refractivity (Wildman–Crippen MR) is 60.4 cm³/mol. The van der Waals surface area contributed by atoms with Gasteiger partial charge in [-0.1, -0.05) is 13.3 Å². The molecule has 0 aliphatic carbocycles. The van der Waals surface area contributed by atoms with Crippen LogP contribution in [0.1, 0.15) is 40.5 Å². The van der Waals surface area contributed by atoms with Crippen LogP contribution in [0, 0.1) is 0 Å². The molecule has 5 nitrogen and oxygen atoms in total. The van der Waals surface area contributed by atoms with Crippen LogP contribution in [0.15, 0.2) is 0 Å². The van der Waals surface area contributed by atoms with Gasteiger partial charge in [-0.2, -0.15) is 0 Å². The van der Waals surface area contributed by atoms with E-state index < -0.39 is 17.7 Å². The van der Waals surface area contributed by atoms with Crippen molar-refractivity contribution < 1.29 is 19.4 Å². The molecular weight excluding hydrogens is 210 g/mol. The summed E-state index contributed by atoms with van der Waals surface area (Å²) in [6, 6.07) is 0. The molecule has 0 aromatic heterocycles. The van der Waals surface area contributed by atoms with Crippen LogP contribution in [-0.4, -0.2) is 40.8 Å². The van der Waals surface area contributed by atoms with E-state index >= 15 is 0 Å². The van der Waals surface area contributed by atoms with Crippen molar-refractivity contribution in [1.29, 1.82) is 0 Å². The Morgan fingerprint density at radius 1 is 1.31 bits per heavy atom. The fourth-order valence-electron chi connectivity index (χ4n) is 1.07.